The molecule has 8 unspecified atom stereocenters. The van der Waals surface area contributed by atoms with Crippen molar-refractivity contribution < 1.29 is 19.4 Å². The predicted octanol–water partition coefficient (Wildman–Crippen LogP) is 6.75. The SMILES string of the molecule is CC(=O)OCCC1(C)C(C(C)CCC(C)C(C)C)CCC1C1CC=C2CC(O)CCC2(C)C1=O. The van der Waals surface area contributed by atoms with E-state index >= 15 is 0 Å². The Bertz CT molecular complexity index is 770. The molecule has 0 aliphatic heterocycles. The number of rotatable bonds is 9. The predicted molar refractivity (Wildman–Crippen MR) is 137 cm³/mol. The van der Waals surface area contributed by atoms with Crippen LogP contribution in [-0.4, -0.2) is 29.6 Å². The van der Waals surface area contributed by atoms with Crippen LogP contribution < -0.4 is 0 Å². The molecule has 1 N–H and O–H groups in total. The van der Waals surface area contributed by atoms with Crippen molar-refractivity contribution in [1.82, 2.24) is 0 Å². The second-order valence-corrected chi connectivity index (χ2v) is 12.8. The zero-order valence-corrected chi connectivity index (χ0v) is 22.9. The van der Waals surface area contributed by atoms with E-state index in [1.54, 1.807) is 0 Å². The zero-order valence-electron chi connectivity index (χ0n) is 22.9. The number of aliphatic hydroxyl groups excluding tert-OH is 1. The number of hydrogen-bond acceptors (Lipinski definition) is 4. The van der Waals surface area contributed by atoms with Crippen molar-refractivity contribution in [2.24, 2.45) is 46.3 Å². The van der Waals surface area contributed by atoms with Crippen molar-refractivity contribution in [3.8, 4) is 0 Å². The largest absolute Gasteiger partial charge is 0.466 e. The molecule has 0 amide bonds. The van der Waals surface area contributed by atoms with Gasteiger partial charge < -0.3 is 9.84 Å². The molecule has 34 heavy (non-hydrogen) atoms. The average Bonchev–Trinajstić information content (AvgIpc) is 3.10. The second-order valence-electron chi connectivity index (χ2n) is 12.8. The van der Waals surface area contributed by atoms with Crippen LogP contribution in [0.15, 0.2) is 11.6 Å². The van der Waals surface area contributed by atoms with Gasteiger partial charge in [0.25, 0.3) is 0 Å². The average molecular weight is 475 g/mol. The number of aliphatic hydroxyl groups is 1. The van der Waals surface area contributed by atoms with E-state index in [0.29, 0.717) is 48.9 Å². The van der Waals surface area contributed by atoms with E-state index in [1.165, 1.54) is 25.3 Å². The Balaban J connectivity index is 1.82. The summed E-state index contributed by atoms with van der Waals surface area (Å²) in [5.74, 6) is 3.12. The second kappa shape index (κ2) is 10.8. The highest BCUT2D eigenvalue weighted by atomic mass is 16.5. The van der Waals surface area contributed by atoms with Gasteiger partial charge >= 0.3 is 5.97 Å². The van der Waals surface area contributed by atoms with E-state index in [1.807, 2.05) is 0 Å². The summed E-state index contributed by atoms with van der Waals surface area (Å²) in [6.45, 7) is 15.8. The van der Waals surface area contributed by atoms with Crippen LogP contribution >= 0.6 is 0 Å². The molecule has 194 valence electrons. The van der Waals surface area contributed by atoms with Crippen LogP contribution in [-0.2, 0) is 14.3 Å². The van der Waals surface area contributed by atoms with Crippen LogP contribution in [0, 0.1) is 46.3 Å². The number of carbonyl (C=O) groups excluding carboxylic acids is 2. The van der Waals surface area contributed by atoms with E-state index in [9.17, 15) is 14.7 Å². The topological polar surface area (TPSA) is 63.6 Å². The van der Waals surface area contributed by atoms with Crippen LogP contribution in [0.5, 0.6) is 0 Å². The van der Waals surface area contributed by atoms with Gasteiger partial charge in [0.15, 0.2) is 0 Å². The molecule has 0 aromatic carbocycles. The third-order valence-electron chi connectivity index (χ3n) is 10.5. The van der Waals surface area contributed by atoms with Gasteiger partial charge in [-0.2, -0.15) is 0 Å². The first kappa shape index (κ1) is 27.4. The Morgan fingerprint density at radius 2 is 1.85 bits per heavy atom. The highest BCUT2D eigenvalue weighted by Gasteiger charge is 2.56. The summed E-state index contributed by atoms with van der Waals surface area (Å²) in [7, 11) is 0. The third-order valence-corrected chi connectivity index (χ3v) is 10.5. The molecule has 0 heterocycles. The van der Waals surface area contributed by atoms with Crippen LogP contribution in [0.4, 0.5) is 0 Å². The van der Waals surface area contributed by atoms with Crippen LogP contribution in [0.25, 0.3) is 0 Å². The third kappa shape index (κ3) is 5.47. The minimum Gasteiger partial charge on any atom is -0.466 e. The first-order valence-corrected chi connectivity index (χ1v) is 13.9. The van der Waals surface area contributed by atoms with E-state index in [0.717, 1.165) is 38.0 Å². The molecule has 0 aromatic rings. The van der Waals surface area contributed by atoms with Crippen molar-refractivity contribution >= 4 is 11.8 Å². The van der Waals surface area contributed by atoms with Crippen LogP contribution in [0.1, 0.15) is 106 Å². The molecule has 0 aromatic heterocycles. The van der Waals surface area contributed by atoms with Gasteiger partial charge in [-0.3, -0.25) is 9.59 Å². The molecule has 4 nitrogen and oxygen atoms in total. The molecule has 2 saturated carbocycles. The Kier molecular flexibility index (Phi) is 8.75. The first-order chi connectivity index (χ1) is 15.9. The number of ketones is 1. The Hall–Kier alpha value is -1.16. The summed E-state index contributed by atoms with van der Waals surface area (Å²) in [4.78, 5) is 25.5. The normalized spacial score (nSPS) is 37.8. The Morgan fingerprint density at radius 3 is 2.50 bits per heavy atom. The monoisotopic (exact) mass is 474 g/mol. The van der Waals surface area contributed by atoms with Gasteiger partial charge in [0.1, 0.15) is 5.78 Å². The number of esters is 1. The lowest BCUT2D eigenvalue weighted by atomic mass is 9.56. The highest BCUT2D eigenvalue weighted by molar-refractivity contribution is 5.91. The van der Waals surface area contributed by atoms with E-state index in [-0.39, 0.29) is 23.4 Å². The molecule has 0 radical (unpaired) electrons. The molecule has 3 rings (SSSR count). The highest BCUT2D eigenvalue weighted by Crippen LogP contribution is 2.60. The maximum atomic E-state index is 14.0. The van der Waals surface area contributed by atoms with Crippen LogP contribution in [0.2, 0.25) is 0 Å². The Morgan fingerprint density at radius 1 is 1.15 bits per heavy atom. The molecule has 4 heteroatoms. The molecule has 0 saturated heterocycles. The molecule has 8 atom stereocenters. The van der Waals surface area contributed by atoms with Gasteiger partial charge in [-0.15, -0.1) is 0 Å². The number of fused-ring (bicyclic) bond motifs is 1. The molecule has 2 fully saturated rings. The summed E-state index contributed by atoms with van der Waals surface area (Å²) >= 11 is 0. The molecular formula is C30H50O4. The van der Waals surface area contributed by atoms with Crippen molar-refractivity contribution in [3.63, 3.8) is 0 Å². The van der Waals surface area contributed by atoms with E-state index in [2.05, 4.69) is 47.6 Å². The summed E-state index contributed by atoms with van der Waals surface area (Å²) in [5.41, 5.74) is 0.751. The molecule has 0 spiro atoms. The molecular weight excluding hydrogens is 424 g/mol. The fraction of sp³-hybridized carbons (Fsp3) is 0.867. The van der Waals surface area contributed by atoms with E-state index < -0.39 is 5.41 Å². The first-order valence-electron chi connectivity index (χ1n) is 13.9. The summed E-state index contributed by atoms with van der Waals surface area (Å²) in [5, 5.41) is 10.2. The quantitative estimate of drug-likeness (QED) is 0.297. The number of Topliss-reactive ketones (excluding diaryl/α,β-unsaturated/α-hetero) is 1. The van der Waals surface area contributed by atoms with Gasteiger partial charge in [-0.05, 0) is 86.9 Å². The molecule has 0 bridgehead atoms. The van der Waals surface area contributed by atoms with E-state index in [4.69, 9.17) is 4.74 Å². The van der Waals surface area contributed by atoms with Gasteiger partial charge in [-0.1, -0.05) is 59.1 Å². The smallest absolute Gasteiger partial charge is 0.302 e. The lowest BCUT2D eigenvalue weighted by Gasteiger charge is -2.48. The van der Waals surface area contributed by atoms with Gasteiger partial charge in [0.2, 0.25) is 0 Å². The number of allylic oxidation sites excluding steroid dienone is 1. The van der Waals surface area contributed by atoms with Gasteiger partial charge in [-0.25, -0.2) is 0 Å². The minimum atomic E-state index is -0.407. The standard InChI is InChI=1S/C30H50O4/c1-19(2)20(3)8-9-21(4)26-12-13-27(30(26,7)16-17-34-22(5)31)25-11-10-23-18-24(32)14-15-29(23,6)28(25)33/h10,19-21,24-27,32H,8-9,11-18H2,1-7H3. The lowest BCUT2D eigenvalue weighted by molar-refractivity contribution is -0.143. The summed E-state index contributed by atoms with van der Waals surface area (Å²) < 4.78 is 5.44. The maximum Gasteiger partial charge on any atom is 0.302 e. The Labute approximate surface area is 208 Å². The fourth-order valence-electron chi connectivity index (χ4n) is 7.65. The number of hydrogen-bond donors (Lipinski definition) is 1. The van der Waals surface area contributed by atoms with Gasteiger partial charge in [0, 0.05) is 18.3 Å². The fourth-order valence-corrected chi connectivity index (χ4v) is 7.65. The van der Waals surface area contributed by atoms with Crippen molar-refractivity contribution in [2.45, 2.75) is 112 Å². The molecule has 3 aliphatic rings. The van der Waals surface area contributed by atoms with Crippen LogP contribution in [0.3, 0.4) is 0 Å². The lowest BCUT2D eigenvalue weighted by Crippen LogP contribution is -2.47. The zero-order chi connectivity index (χ0) is 25.3. The molecule has 3 aliphatic carbocycles. The number of ether oxygens (including phenoxy) is 1. The number of carbonyl (C=O) groups is 2. The maximum absolute atomic E-state index is 14.0. The van der Waals surface area contributed by atoms with Gasteiger partial charge in [0.05, 0.1) is 12.7 Å². The summed E-state index contributed by atoms with van der Waals surface area (Å²) in [6.07, 6.45) is 10.5. The van der Waals surface area contributed by atoms with Crippen molar-refractivity contribution in [3.05, 3.63) is 11.6 Å². The van der Waals surface area contributed by atoms with Crippen molar-refractivity contribution in [2.75, 3.05) is 6.61 Å². The van der Waals surface area contributed by atoms with Crippen molar-refractivity contribution in [1.29, 1.82) is 0 Å². The minimum absolute atomic E-state index is 0.00779. The summed E-state index contributed by atoms with van der Waals surface area (Å²) in [6, 6.07) is 0.